The van der Waals surface area contributed by atoms with Crippen LogP contribution in [0.4, 0.5) is 0 Å². The zero-order valence-electron chi connectivity index (χ0n) is 17.5. The second-order valence-corrected chi connectivity index (χ2v) is 7.55. The Balaban J connectivity index is 1.71. The fourth-order valence-electron chi connectivity index (χ4n) is 3.65. The number of hydrogen-bond donors (Lipinski definition) is 1. The summed E-state index contributed by atoms with van der Waals surface area (Å²) in [6.45, 7) is 0.413. The van der Waals surface area contributed by atoms with Gasteiger partial charge in [0, 0.05) is 11.9 Å². The van der Waals surface area contributed by atoms with Crippen LogP contribution < -0.4 is 10.9 Å². The average molecular weight is 412 g/mol. The molecule has 0 bridgehead atoms. The van der Waals surface area contributed by atoms with Crippen molar-refractivity contribution in [3.05, 3.63) is 107 Å². The van der Waals surface area contributed by atoms with Crippen LogP contribution in [0.1, 0.15) is 22.1 Å². The average Bonchev–Trinajstić information content (AvgIpc) is 2.80. The van der Waals surface area contributed by atoms with Gasteiger partial charge in [0.2, 0.25) is 0 Å². The molecule has 31 heavy (non-hydrogen) atoms. The second-order valence-electron chi connectivity index (χ2n) is 7.55. The molecule has 4 rings (SSSR count). The van der Waals surface area contributed by atoms with Gasteiger partial charge >= 0.3 is 0 Å². The molecule has 3 aromatic carbocycles. The normalized spacial score (nSPS) is 12.1. The summed E-state index contributed by atoms with van der Waals surface area (Å²) in [5.41, 5.74) is 1.70. The first-order chi connectivity index (χ1) is 15.1. The van der Waals surface area contributed by atoms with Gasteiger partial charge in [-0.2, -0.15) is 9.78 Å². The van der Waals surface area contributed by atoms with Crippen molar-refractivity contribution < 1.29 is 4.79 Å². The Hall–Kier alpha value is -3.77. The summed E-state index contributed by atoms with van der Waals surface area (Å²) in [7, 11) is 3.96. The number of rotatable bonds is 6. The van der Waals surface area contributed by atoms with Gasteiger partial charge in [0.05, 0.1) is 17.1 Å². The van der Waals surface area contributed by atoms with E-state index in [1.165, 1.54) is 4.68 Å². The van der Waals surface area contributed by atoms with Gasteiger partial charge in [-0.25, -0.2) is 0 Å². The summed E-state index contributed by atoms with van der Waals surface area (Å²) >= 11 is 0. The molecule has 0 aliphatic heterocycles. The third kappa shape index (κ3) is 4.25. The molecule has 1 aromatic heterocycles. The molecule has 0 aliphatic rings. The lowest BCUT2D eigenvalue weighted by Crippen LogP contribution is -2.36. The number of fused-ring (bicyclic) bond motifs is 1. The molecule has 6 nitrogen and oxygen atoms in total. The molecular weight excluding hydrogens is 388 g/mol. The highest BCUT2D eigenvalue weighted by molar-refractivity contribution is 6.04. The first kappa shape index (κ1) is 20.5. The lowest BCUT2D eigenvalue weighted by Gasteiger charge is -2.25. The molecule has 0 fully saturated rings. The van der Waals surface area contributed by atoms with Crippen LogP contribution in [0.3, 0.4) is 0 Å². The summed E-state index contributed by atoms with van der Waals surface area (Å²) in [6.07, 6.45) is 0. The highest BCUT2D eigenvalue weighted by atomic mass is 16.2. The van der Waals surface area contributed by atoms with Crippen molar-refractivity contribution in [2.24, 2.45) is 0 Å². The van der Waals surface area contributed by atoms with Crippen molar-refractivity contribution in [2.75, 3.05) is 20.6 Å². The summed E-state index contributed by atoms with van der Waals surface area (Å²) < 4.78 is 1.29. The fraction of sp³-hybridized carbons (Fsp3) is 0.160. The predicted octanol–water partition coefficient (Wildman–Crippen LogP) is 3.42. The van der Waals surface area contributed by atoms with Crippen molar-refractivity contribution in [1.82, 2.24) is 20.0 Å². The maximum atomic E-state index is 13.2. The van der Waals surface area contributed by atoms with Crippen LogP contribution in [-0.4, -0.2) is 41.2 Å². The van der Waals surface area contributed by atoms with Gasteiger partial charge in [-0.3, -0.25) is 9.59 Å². The Kier molecular flexibility index (Phi) is 5.91. The number of likely N-dealkylation sites (N-methyl/N-ethyl adjacent to an activating group) is 1. The predicted molar refractivity (Wildman–Crippen MR) is 123 cm³/mol. The molecule has 0 aliphatic carbocycles. The van der Waals surface area contributed by atoms with E-state index < -0.39 is 0 Å². The SMILES string of the molecule is CN(C)C(CNC(=O)c1nn(-c2ccccc2)c(=O)c2ccccc12)c1ccccc1. The number of carbonyl (C=O) groups is 1. The lowest BCUT2D eigenvalue weighted by atomic mass is 10.1. The highest BCUT2D eigenvalue weighted by Crippen LogP contribution is 2.18. The van der Waals surface area contributed by atoms with Gasteiger partial charge in [0.1, 0.15) is 0 Å². The van der Waals surface area contributed by atoms with Gasteiger partial charge in [-0.1, -0.05) is 66.7 Å². The zero-order valence-corrected chi connectivity index (χ0v) is 17.5. The van der Waals surface area contributed by atoms with E-state index >= 15 is 0 Å². The molecule has 0 saturated heterocycles. The molecule has 0 spiro atoms. The standard InChI is InChI=1S/C25H24N4O2/c1-28(2)22(18-11-5-3-6-12-18)17-26-24(30)23-20-15-9-10-16-21(20)25(31)29(27-23)19-13-7-4-8-14-19/h3-16,22H,17H2,1-2H3,(H,26,30). The first-order valence-corrected chi connectivity index (χ1v) is 10.1. The summed E-state index contributed by atoms with van der Waals surface area (Å²) in [4.78, 5) is 28.3. The maximum absolute atomic E-state index is 13.2. The largest absolute Gasteiger partial charge is 0.349 e. The Morgan fingerprint density at radius 2 is 1.48 bits per heavy atom. The summed E-state index contributed by atoms with van der Waals surface area (Å²) in [6, 6.07) is 26.2. The second kappa shape index (κ2) is 8.93. The molecular formula is C25H24N4O2. The van der Waals surface area contributed by atoms with Crippen LogP contribution in [-0.2, 0) is 0 Å². The van der Waals surface area contributed by atoms with E-state index in [2.05, 4.69) is 15.3 Å². The highest BCUT2D eigenvalue weighted by Gasteiger charge is 2.20. The van der Waals surface area contributed by atoms with Crippen molar-refractivity contribution in [1.29, 1.82) is 0 Å². The van der Waals surface area contributed by atoms with E-state index in [1.807, 2.05) is 62.6 Å². The fourth-order valence-corrected chi connectivity index (χ4v) is 3.65. The zero-order chi connectivity index (χ0) is 21.8. The maximum Gasteiger partial charge on any atom is 0.279 e. The Morgan fingerprint density at radius 3 is 2.13 bits per heavy atom. The van der Waals surface area contributed by atoms with Gasteiger partial charge in [-0.05, 0) is 37.9 Å². The number of benzene rings is 3. The van der Waals surface area contributed by atoms with E-state index in [-0.39, 0.29) is 23.2 Å². The number of para-hydroxylation sites is 1. The minimum Gasteiger partial charge on any atom is -0.349 e. The molecule has 0 saturated carbocycles. The number of carbonyl (C=O) groups excluding carboxylic acids is 1. The third-order valence-electron chi connectivity index (χ3n) is 5.28. The first-order valence-electron chi connectivity index (χ1n) is 10.1. The summed E-state index contributed by atoms with van der Waals surface area (Å²) in [5.74, 6) is -0.316. The molecule has 1 amide bonds. The van der Waals surface area contributed by atoms with Gasteiger partial charge < -0.3 is 10.2 Å². The smallest absolute Gasteiger partial charge is 0.279 e. The Labute approximate surface area is 180 Å². The molecule has 1 unspecified atom stereocenters. The van der Waals surface area contributed by atoms with Crippen LogP contribution >= 0.6 is 0 Å². The van der Waals surface area contributed by atoms with Crippen LogP contribution in [0, 0.1) is 0 Å². The van der Waals surface area contributed by atoms with Crippen molar-refractivity contribution in [3.63, 3.8) is 0 Å². The van der Waals surface area contributed by atoms with E-state index in [1.54, 1.807) is 36.4 Å². The molecule has 1 N–H and O–H groups in total. The van der Waals surface area contributed by atoms with Gasteiger partial charge in [-0.15, -0.1) is 0 Å². The number of amides is 1. The van der Waals surface area contributed by atoms with Crippen molar-refractivity contribution in [3.8, 4) is 5.69 Å². The molecule has 1 heterocycles. The number of nitrogens with one attached hydrogen (secondary N) is 1. The van der Waals surface area contributed by atoms with E-state index in [4.69, 9.17) is 0 Å². The minimum absolute atomic E-state index is 0.0106. The van der Waals surface area contributed by atoms with Crippen LogP contribution in [0.25, 0.3) is 16.5 Å². The molecule has 156 valence electrons. The van der Waals surface area contributed by atoms with E-state index in [0.29, 0.717) is 23.0 Å². The van der Waals surface area contributed by atoms with Crippen molar-refractivity contribution >= 4 is 16.7 Å². The summed E-state index contributed by atoms with van der Waals surface area (Å²) in [5, 5.41) is 8.45. The number of aromatic nitrogens is 2. The lowest BCUT2D eigenvalue weighted by molar-refractivity contribution is 0.0937. The van der Waals surface area contributed by atoms with E-state index in [0.717, 1.165) is 5.56 Å². The van der Waals surface area contributed by atoms with Gasteiger partial charge in [0.25, 0.3) is 11.5 Å². The quantitative estimate of drug-likeness (QED) is 0.527. The van der Waals surface area contributed by atoms with Crippen LogP contribution in [0.2, 0.25) is 0 Å². The van der Waals surface area contributed by atoms with Crippen LogP contribution in [0.15, 0.2) is 89.7 Å². The Bertz CT molecular complexity index is 1250. The molecule has 6 heteroatoms. The monoisotopic (exact) mass is 412 g/mol. The number of hydrogen-bond acceptors (Lipinski definition) is 4. The number of nitrogens with zero attached hydrogens (tertiary/aromatic N) is 3. The van der Waals surface area contributed by atoms with Crippen molar-refractivity contribution in [2.45, 2.75) is 6.04 Å². The van der Waals surface area contributed by atoms with Gasteiger partial charge in [0.15, 0.2) is 5.69 Å². The minimum atomic E-state index is -0.316. The topological polar surface area (TPSA) is 67.2 Å². The van der Waals surface area contributed by atoms with E-state index in [9.17, 15) is 9.59 Å². The third-order valence-corrected chi connectivity index (χ3v) is 5.28. The van der Waals surface area contributed by atoms with Crippen LogP contribution in [0.5, 0.6) is 0 Å². The molecule has 0 radical (unpaired) electrons. The Morgan fingerprint density at radius 1 is 0.903 bits per heavy atom. The molecule has 1 atom stereocenters. The molecule has 4 aromatic rings.